The molecule has 1 rings (SSSR count). The molecule has 0 spiro atoms. The molecule has 0 saturated carbocycles. The fourth-order valence-corrected chi connectivity index (χ4v) is 2.41. The minimum Gasteiger partial charge on any atom is -0.493 e. The summed E-state index contributed by atoms with van der Waals surface area (Å²) in [6.45, 7) is 9.46. The van der Waals surface area contributed by atoms with Crippen LogP contribution in [0.2, 0.25) is 0 Å². The quantitative estimate of drug-likeness (QED) is 0.571. The molecule has 118 valence electrons. The van der Waals surface area contributed by atoms with Crippen LogP contribution in [-0.4, -0.2) is 32.3 Å². The van der Waals surface area contributed by atoms with Gasteiger partial charge in [0.2, 0.25) is 11.8 Å². The van der Waals surface area contributed by atoms with Crippen molar-refractivity contribution in [2.75, 3.05) is 5.75 Å². The first-order valence-electron chi connectivity index (χ1n) is 6.91. The average Bonchev–Trinajstić information content (AvgIpc) is 2.33. The molecule has 0 saturated heterocycles. The van der Waals surface area contributed by atoms with Crippen molar-refractivity contribution in [3.8, 4) is 5.88 Å². The third-order valence-corrected chi connectivity index (χ3v) is 3.75. The van der Waals surface area contributed by atoms with Crippen molar-refractivity contribution in [1.29, 1.82) is 0 Å². The Kier molecular flexibility index (Phi) is 5.83. The van der Waals surface area contributed by atoms with Crippen molar-refractivity contribution in [3.05, 3.63) is 15.9 Å². The minimum atomic E-state index is -0.351. The second-order valence-corrected chi connectivity index (χ2v) is 6.97. The van der Waals surface area contributed by atoms with E-state index in [1.807, 2.05) is 34.6 Å². The Hall–Kier alpha value is -1.50. The van der Waals surface area contributed by atoms with Gasteiger partial charge in [-0.25, -0.2) is 0 Å². The zero-order valence-corrected chi connectivity index (χ0v) is 13.9. The van der Waals surface area contributed by atoms with E-state index in [0.29, 0.717) is 5.56 Å². The van der Waals surface area contributed by atoms with E-state index in [1.54, 1.807) is 0 Å². The lowest BCUT2D eigenvalue weighted by molar-refractivity contribution is -0.119. The highest BCUT2D eigenvalue weighted by atomic mass is 32.2. The van der Waals surface area contributed by atoms with Gasteiger partial charge in [0.25, 0.3) is 5.56 Å². The molecule has 1 amide bonds. The Bertz CT molecular complexity index is 564. The summed E-state index contributed by atoms with van der Waals surface area (Å²) in [5.74, 6) is -0.348. The van der Waals surface area contributed by atoms with Gasteiger partial charge >= 0.3 is 0 Å². The van der Waals surface area contributed by atoms with E-state index in [1.165, 1.54) is 0 Å². The molecular formula is C14H23N3O3S. The van der Waals surface area contributed by atoms with Crippen molar-refractivity contribution < 1.29 is 9.90 Å². The van der Waals surface area contributed by atoms with Gasteiger partial charge < -0.3 is 15.4 Å². The summed E-state index contributed by atoms with van der Waals surface area (Å²) in [5.41, 5.74) is -0.363. The molecule has 7 heteroatoms. The van der Waals surface area contributed by atoms with Gasteiger partial charge in [0.05, 0.1) is 11.3 Å². The summed E-state index contributed by atoms with van der Waals surface area (Å²) in [6, 6.07) is 0. The van der Waals surface area contributed by atoms with E-state index in [0.717, 1.165) is 18.2 Å². The second-order valence-electron chi connectivity index (χ2n) is 6.00. The summed E-state index contributed by atoms with van der Waals surface area (Å²) in [5, 5.41) is 12.9. The van der Waals surface area contributed by atoms with Gasteiger partial charge in [-0.1, -0.05) is 25.6 Å². The number of rotatable bonds is 5. The lowest BCUT2D eigenvalue weighted by Gasteiger charge is -2.20. The Morgan fingerprint density at radius 3 is 2.57 bits per heavy atom. The zero-order valence-electron chi connectivity index (χ0n) is 13.1. The molecule has 1 aromatic heterocycles. The smallest absolute Gasteiger partial charge is 0.258 e. The largest absolute Gasteiger partial charge is 0.493 e. The van der Waals surface area contributed by atoms with Crippen LogP contribution in [0.25, 0.3) is 0 Å². The molecule has 1 aromatic rings. The number of hydrogen-bond donors (Lipinski definition) is 3. The van der Waals surface area contributed by atoms with Gasteiger partial charge in [0, 0.05) is 5.54 Å². The number of amides is 1. The molecule has 0 aliphatic carbocycles. The maximum Gasteiger partial charge on any atom is 0.258 e. The van der Waals surface area contributed by atoms with Gasteiger partial charge in [-0.2, -0.15) is 4.98 Å². The lowest BCUT2D eigenvalue weighted by atomic mass is 10.0. The SMILES string of the molecule is CCC(C)c1c(O)nc(SCC(=O)NC(C)(C)C)[nH]c1=O. The van der Waals surface area contributed by atoms with Gasteiger partial charge in [-0.05, 0) is 33.1 Å². The first-order valence-corrected chi connectivity index (χ1v) is 7.89. The number of aromatic amines is 1. The van der Waals surface area contributed by atoms with Gasteiger partial charge in [-0.15, -0.1) is 0 Å². The third-order valence-electron chi connectivity index (χ3n) is 2.87. The fraction of sp³-hybridized carbons (Fsp3) is 0.643. The van der Waals surface area contributed by atoms with E-state index in [-0.39, 0.29) is 39.7 Å². The number of H-pyrrole nitrogens is 1. The van der Waals surface area contributed by atoms with Crippen LogP contribution in [0.1, 0.15) is 52.5 Å². The molecule has 0 radical (unpaired) electrons. The molecule has 0 aliphatic rings. The standard InChI is InChI=1S/C14H23N3O3S/c1-6-8(2)10-11(19)15-13(16-12(10)20)21-7-9(18)17-14(3,4)5/h8H,6-7H2,1-5H3,(H,17,18)(H2,15,16,19,20). The number of carbonyl (C=O) groups is 1. The lowest BCUT2D eigenvalue weighted by Crippen LogP contribution is -2.41. The van der Waals surface area contributed by atoms with Crippen molar-refractivity contribution in [2.45, 2.75) is 57.7 Å². The molecule has 0 bridgehead atoms. The van der Waals surface area contributed by atoms with Crippen molar-refractivity contribution in [2.24, 2.45) is 0 Å². The van der Waals surface area contributed by atoms with Crippen molar-refractivity contribution in [3.63, 3.8) is 0 Å². The van der Waals surface area contributed by atoms with E-state index in [2.05, 4.69) is 15.3 Å². The predicted octanol–water partition coefficient (Wildman–Crippen LogP) is 2.00. The Morgan fingerprint density at radius 1 is 1.48 bits per heavy atom. The molecule has 1 atom stereocenters. The number of aromatic hydroxyl groups is 1. The molecule has 1 heterocycles. The van der Waals surface area contributed by atoms with E-state index in [9.17, 15) is 14.7 Å². The maximum atomic E-state index is 12.0. The number of nitrogens with one attached hydrogen (secondary N) is 2. The Labute approximate surface area is 128 Å². The number of aromatic nitrogens is 2. The molecule has 0 aliphatic heterocycles. The van der Waals surface area contributed by atoms with E-state index >= 15 is 0 Å². The van der Waals surface area contributed by atoms with Crippen LogP contribution >= 0.6 is 11.8 Å². The summed E-state index contributed by atoms with van der Waals surface area (Å²) in [7, 11) is 0. The molecular weight excluding hydrogens is 290 g/mol. The molecule has 6 nitrogen and oxygen atoms in total. The topological polar surface area (TPSA) is 95.1 Å². The Morgan fingerprint density at radius 2 is 2.10 bits per heavy atom. The van der Waals surface area contributed by atoms with Crippen molar-refractivity contribution in [1.82, 2.24) is 15.3 Å². The first kappa shape index (κ1) is 17.6. The van der Waals surface area contributed by atoms with E-state index in [4.69, 9.17) is 0 Å². The highest BCUT2D eigenvalue weighted by Crippen LogP contribution is 2.24. The highest BCUT2D eigenvalue weighted by Gasteiger charge is 2.18. The predicted molar refractivity (Wildman–Crippen MR) is 83.8 cm³/mol. The van der Waals surface area contributed by atoms with Crippen LogP contribution in [0.5, 0.6) is 5.88 Å². The maximum absolute atomic E-state index is 12.0. The van der Waals surface area contributed by atoms with Crippen LogP contribution < -0.4 is 10.9 Å². The Balaban J connectivity index is 2.79. The number of carbonyl (C=O) groups excluding carboxylic acids is 1. The summed E-state index contributed by atoms with van der Waals surface area (Å²) in [4.78, 5) is 30.2. The van der Waals surface area contributed by atoms with Crippen LogP contribution in [0.15, 0.2) is 9.95 Å². The molecule has 3 N–H and O–H groups in total. The molecule has 0 fully saturated rings. The van der Waals surface area contributed by atoms with Gasteiger partial charge in [-0.3, -0.25) is 9.59 Å². The normalized spacial score (nSPS) is 13.0. The van der Waals surface area contributed by atoms with Gasteiger partial charge in [0.1, 0.15) is 0 Å². The second kappa shape index (κ2) is 6.98. The third kappa shape index (κ3) is 5.41. The number of nitrogens with zero attached hydrogens (tertiary/aromatic N) is 1. The summed E-state index contributed by atoms with van der Waals surface area (Å²) in [6.07, 6.45) is 0.735. The summed E-state index contributed by atoms with van der Waals surface area (Å²) >= 11 is 1.09. The van der Waals surface area contributed by atoms with Crippen LogP contribution in [-0.2, 0) is 4.79 Å². The number of thioether (sulfide) groups is 1. The average molecular weight is 313 g/mol. The monoisotopic (exact) mass is 313 g/mol. The summed E-state index contributed by atoms with van der Waals surface area (Å²) < 4.78 is 0. The molecule has 0 aromatic carbocycles. The van der Waals surface area contributed by atoms with Gasteiger partial charge in [0.15, 0.2) is 5.16 Å². The fourth-order valence-electron chi connectivity index (χ4n) is 1.76. The first-order chi connectivity index (χ1) is 9.64. The van der Waals surface area contributed by atoms with Crippen LogP contribution in [0.4, 0.5) is 0 Å². The molecule has 1 unspecified atom stereocenters. The van der Waals surface area contributed by atoms with Crippen molar-refractivity contribution >= 4 is 17.7 Å². The molecule has 21 heavy (non-hydrogen) atoms. The van der Waals surface area contributed by atoms with E-state index < -0.39 is 0 Å². The van der Waals surface area contributed by atoms with Crippen LogP contribution in [0, 0.1) is 0 Å². The minimum absolute atomic E-state index is 0.0653. The van der Waals surface area contributed by atoms with Crippen LogP contribution in [0.3, 0.4) is 0 Å². The number of hydrogen-bond acceptors (Lipinski definition) is 5. The zero-order chi connectivity index (χ0) is 16.2. The highest BCUT2D eigenvalue weighted by molar-refractivity contribution is 7.99.